The Balaban J connectivity index is 0.00000242. The van der Waals surface area contributed by atoms with Gasteiger partial charge in [-0.05, 0) is 37.7 Å². The van der Waals surface area contributed by atoms with Crippen molar-refractivity contribution in [3.05, 3.63) is 58.4 Å². The minimum atomic E-state index is -0.373. The van der Waals surface area contributed by atoms with Crippen LogP contribution in [0.25, 0.3) is 11.3 Å². The summed E-state index contributed by atoms with van der Waals surface area (Å²) in [5.41, 5.74) is 1.38. The molecule has 0 saturated carbocycles. The summed E-state index contributed by atoms with van der Waals surface area (Å²) in [6, 6.07) is 12.8. The highest BCUT2D eigenvalue weighted by Crippen LogP contribution is 2.14. The van der Waals surface area contributed by atoms with Crippen LogP contribution in [-0.4, -0.2) is 31.0 Å². The number of halogens is 1. The minimum absolute atomic E-state index is 0. The number of amides is 1. The zero-order chi connectivity index (χ0) is 15.1. The lowest BCUT2D eigenvalue weighted by molar-refractivity contribution is 0.0952. The third-order valence-electron chi connectivity index (χ3n) is 3.13. The first-order chi connectivity index (χ1) is 10.2. The van der Waals surface area contributed by atoms with Gasteiger partial charge >= 0.3 is 0 Å². The van der Waals surface area contributed by atoms with Gasteiger partial charge in [-0.25, -0.2) is 0 Å². The second-order valence-corrected chi connectivity index (χ2v) is 4.69. The van der Waals surface area contributed by atoms with Crippen LogP contribution in [0.4, 0.5) is 0 Å². The molecule has 1 amide bonds. The van der Waals surface area contributed by atoms with E-state index in [1.54, 1.807) is 12.1 Å². The number of pyridine rings is 1. The second-order valence-electron chi connectivity index (χ2n) is 4.69. The molecule has 0 saturated heterocycles. The lowest BCUT2D eigenvalue weighted by atomic mass is 10.1. The van der Waals surface area contributed by atoms with Crippen molar-refractivity contribution in [1.82, 2.24) is 15.6 Å². The van der Waals surface area contributed by atoms with Gasteiger partial charge in [-0.15, -0.1) is 12.4 Å². The summed E-state index contributed by atoms with van der Waals surface area (Å²) >= 11 is 0. The van der Waals surface area contributed by atoms with Crippen molar-refractivity contribution in [1.29, 1.82) is 0 Å². The molecular weight excluding hydrogens is 302 g/mol. The molecule has 6 heteroatoms. The Morgan fingerprint density at radius 3 is 2.45 bits per heavy atom. The summed E-state index contributed by atoms with van der Waals surface area (Å²) in [6.07, 6.45) is 0.822. The molecule has 0 aliphatic carbocycles. The topological polar surface area (TPSA) is 74.0 Å². The van der Waals surface area contributed by atoms with Crippen molar-refractivity contribution in [3.8, 4) is 11.3 Å². The lowest BCUT2D eigenvalue weighted by Gasteiger charge is -2.06. The lowest BCUT2D eigenvalue weighted by Crippen LogP contribution is -2.31. The van der Waals surface area contributed by atoms with Crippen LogP contribution >= 0.6 is 12.4 Å². The molecule has 0 fully saturated rings. The SMILES string of the molecule is CNCCCNC(=O)c1ccc(-c2ccccc2)[nH]c1=O.Cl. The van der Waals surface area contributed by atoms with Gasteiger partial charge < -0.3 is 15.6 Å². The molecule has 1 heterocycles. The second kappa shape index (κ2) is 9.02. The molecule has 0 aliphatic rings. The molecule has 5 nitrogen and oxygen atoms in total. The summed E-state index contributed by atoms with van der Waals surface area (Å²) in [7, 11) is 1.86. The van der Waals surface area contributed by atoms with Crippen molar-refractivity contribution < 1.29 is 4.79 Å². The Kier molecular flexibility index (Phi) is 7.36. The number of carbonyl (C=O) groups excluding carboxylic acids is 1. The molecule has 0 radical (unpaired) electrons. The quantitative estimate of drug-likeness (QED) is 0.710. The van der Waals surface area contributed by atoms with Crippen LogP contribution in [0.2, 0.25) is 0 Å². The maximum atomic E-state index is 12.0. The predicted octanol–water partition coefficient (Wildman–Crippen LogP) is 1.80. The van der Waals surface area contributed by atoms with E-state index in [-0.39, 0.29) is 29.4 Å². The molecule has 0 atom stereocenters. The Bertz CT molecular complexity index is 656. The molecular formula is C16H20ClN3O2. The first kappa shape index (κ1) is 17.9. The summed E-state index contributed by atoms with van der Waals surface area (Å²) in [4.78, 5) is 26.7. The zero-order valence-electron chi connectivity index (χ0n) is 12.4. The zero-order valence-corrected chi connectivity index (χ0v) is 13.2. The van der Waals surface area contributed by atoms with Crippen molar-refractivity contribution in [2.45, 2.75) is 6.42 Å². The number of nitrogens with one attached hydrogen (secondary N) is 3. The van der Waals surface area contributed by atoms with Gasteiger partial charge in [-0.2, -0.15) is 0 Å². The molecule has 1 aromatic carbocycles. The van der Waals surface area contributed by atoms with Gasteiger partial charge in [0.25, 0.3) is 11.5 Å². The maximum Gasteiger partial charge on any atom is 0.261 e. The van der Waals surface area contributed by atoms with Gasteiger partial charge in [0.2, 0.25) is 0 Å². The van der Waals surface area contributed by atoms with Crippen LogP contribution in [0.5, 0.6) is 0 Å². The highest BCUT2D eigenvalue weighted by Gasteiger charge is 2.10. The Labute approximate surface area is 135 Å². The standard InChI is InChI=1S/C16H19N3O2.ClH/c1-17-10-5-11-18-15(20)13-8-9-14(19-16(13)21)12-6-3-2-4-7-12;/h2-4,6-9,17H,5,10-11H2,1H3,(H,18,20)(H,19,21);1H. The fourth-order valence-corrected chi connectivity index (χ4v) is 2.00. The van der Waals surface area contributed by atoms with E-state index in [1.807, 2.05) is 37.4 Å². The Morgan fingerprint density at radius 2 is 1.82 bits per heavy atom. The smallest absolute Gasteiger partial charge is 0.261 e. The van der Waals surface area contributed by atoms with Gasteiger partial charge in [0, 0.05) is 12.2 Å². The summed E-state index contributed by atoms with van der Waals surface area (Å²) in [6.45, 7) is 1.36. The number of hydrogen-bond acceptors (Lipinski definition) is 3. The largest absolute Gasteiger partial charge is 0.352 e. The first-order valence-corrected chi connectivity index (χ1v) is 6.94. The van der Waals surface area contributed by atoms with Gasteiger partial charge in [0.05, 0.1) is 0 Å². The van der Waals surface area contributed by atoms with Gasteiger partial charge in [-0.1, -0.05) is 30.3 Å². The van der Waals surface area contributed by atoms with Crippen LogP contribution in [0.1, 0.15) is 16.8 Å². The van der Waals surface area contributed by atoms with Crippen molar-refractivity contribution in [3.63, 3.8) is 0 Å². The number of rotatable bonds is 6. The minimum Gasteiger partial charge on any atom is -0.352 e. The van der Waals surface area contributed by atoms with E-state index in [0.717, 1.165) is 18.5 Å². The maximum absolute atomic E-state index is 12.0. The number of benzene rings is 1. The Morgan fingerprint density at radius 1 is 1.09 bits per heavy atom. The normalized spacial score (nSPS) is 9.86. The van der Waals surface area contributed by atoms with E-state index in [1.165, 1.54) is 0 Å². The molecule has 118 valence electrons. The van der Waals surface area contributed by atoms with E-state index in [0.29, 0.717) is 12.2 Å². The van der Waals surface area contributed by atoms with Crippen LogP contribution in [0.3, 0.4) is 0 Å². The summed E-state index contributed by atoms with van der Waals surface area (Å²) < 4.78 is 0. The summed E-state index contributed by atoms with van der Waals surface area (Å²) in [5, 5.41) is 5.73. The molecule has 22 heavy (non-hydrogen) atoms. The van der Waals surface area contributed by atoms with E-state index in [4.69, 9.17) is 0 Å². The fourth-order valence-electron chi connectivity index (χ4n) is 2.00. The first-order valence-electron chi connectivity index (χ1n) is 6.94. The molecule has 0 aliphatic heterocycles. The summed E-state index contributed by atoms with van der Waals surface area (Å²) in [5.74, 6) is -0.341. The number of hydrogen-bond donors (Lipinski definition) is 3. The molecule has 2 aromatic rings. The van der Waals surface area contributed by atoms with E-state index in [2.05, 4.69) is 15.6 Å². The average Bonchev–Trinajstić information content (AvgIpc) is 2.52. The highest BCUT2D eigenvalue weighted by molar-refractivity contribution is 5.94. The van der Waals surface area contributed by atoms with Crippen LogP contribution in [0.15, 0.2) is 47.3 Å². The van der Waals surface area contributed by atoms with Crippen molar-refractivity contribution >= 4 is 18.3 Å². The Hall–Kier alpha value is -2.11. The van der Waals surface area contributed by atoms with Gasteiger partial charge in [-0.3, -0.25) is 9.59 Å². The van der Waals surface area contributed by atoms with Crippen molar-refractivity contribution in [2.75, 3.05) is 20.1 Å². The third-order valence-corrected chi connectivity index (χ3v) is 3.13. The highest BCUT2D eigenvalue weighted by atomic mass is 35.5. The van der Waals surface area contributed by atoms with Crippen LogP contribution in [0, 0.1) is 0 Å². The number of aromatic amines is 1. The molecule has 3 N–H and O–H groups in total. The molecule has 0 spiro atoms. The molecule has 0 unspecified atom stereocenters. The number of carbonyl (C=O) groups is 1. The predicted molar refractivity (Wildman–Crippen MR) is 90.6 cm³/mol. The number of aromatic nitrogens is 1. The third kappa shape index (κ3) is 4.72. The van der Waals surface area contributed by atoms with E-state index < -0.39 is 0 Å². The van der Waals surface area contributed by atoms with Gasteiger partial charge in [0.1, 0.15) is 5.56 Å². The monoisotopic (exact) mass is 321 g/mol. The van der Waals surface area contributed by atoms with Crippen LogP contribution in [-0.2, 0) is 0 Å². The molecule has 2 rings (SSSR count). The van der Waals surface area contributed by atoms with Crippen molar-refractivity contribution in [2.24, 2.45) is 0 Å². The van der Waals surface area contributed by atoms with Crippen LogP contribution < -0.4 is 16.2 Å². The number of H-pyrrole nitrogens is 1. The van der Waals surface area contributed by atoms with E-state index >= 15 is 0 Å². The average molecular weight is 322 g/mol. The van der Waals surface area contributed by atoms with Gasteiger partial charge in [0.15, 0.2) is 0 Å². The molecule has 1 aromatic heterocycles. The fraction of sp³-hybridized carbons (Fsp3) is 0.250. The van der Waals surface area contributed by atoms with E-state index in [9.17, 15) is 9.59 Å². The molecule has 0 bridgehead atoms.